The maximum absolute atomic E-state index is 13.1. The maximum atomic E-state index is 13.1. The minimum Gasteiger partial charge on any atom is -0.463 e. The molecule has 0 radical (unpaired) electrons. The Kier molecular flexibility index (Phi) is 3.68. The molecule has 1 heterocycles. The fraction of sp³-hybridized carbons (Fsp3) is 0.238. The van der Waals surface area contributed by atoms with E-state index >= 15 is 0 Å². The molecule has 0 fully saturated rings. The second kappa shape index (κ2) is 5.88. The van der Waals surface area contributed by atoms with E-state index in [1.54, 1.807) is 13.0 Å². The number of carbonyl (C=O) groups is 2. The van der Waals surface area contributed by atoms with Crippen LogP contribution in [0.2, 0.25) is 0 Å². The van der Waals surface area contributed by atoms with Crippen LogP contribution in [-0.2, 0) is 19.7 Å². The molecular weight excluding hydrogens is 316 g/mol. The van der Waals surface area contributed by atoms with Crippen LogP contribution in [0.3, 0.4) is 0 Å². The first-order valence-corrected chi connectivity index (χ1v) is 8.44. The highest BCUT2D eigenvalue weighted by molar-refractivity contribution is 6.07. The molecule has 1 aliphatic heterocycles. The minimum absolute atomic E-state index is 0.191. The number of rotatable bonds is 3. The lowest BCUT2D eigenvalue weighted by atomic mass is 9.67. The number of para-hydroxylation sites is 1. The molecule has 0 saturated heterocycles. The van der Waals surface area contributed by atoms with Crippen LogP contribution in [0.25, 0.3) is 0 Å². The molecule has 25 heavy (non-hydrogen) atoms. The average molecular weight is 334 g/mol. The van der Waals surface area contributed by atoms with Crippen LogP contribution in [0.5, 0.6) is 5.75 Å². The van der Waals surface area contributed by atoms with Crippen LogP contribution < -0.4 is 4.74 Å². The molecule has 0 amide bonds. The van der Waals surface area contributed by atoms with Gasteiger partial charge in [-0.1, -0.05) is 54.6 Å². The Hall–Kier alpha value is -2.88. The van der Waals surface area contributed by atoms with Gasteiger partial charge in [0.2, 0.25) is 0 Å². The van der Waals surface area contributed by atoms with Gasteiger partial charge in [-0.15, -0.1) is 0 Å². The Balaban J connectivity index is 1.93. The summed E-state index contributed by atoms with van der Waals surface area (Å²) in [6.07, 6.45) is 2.42. The number of hydrogen-bond donors (Lipinski definition) is 0. The summed E-state index contributed by atoms with van der Waals surface area (Å²) in [5.74, 6) is -0.524. The maximum Gasteiger partial charge on any atom is 0.335 e. The van der Waals surface area contributed by atoms with Gasteiger partial charge in [-0.25, -0.2) is 4.79 Å². The van der Waals surface area contributed by atoms with Crippen molar-refractivity contribution in [3.05, 3.63) is 77.4 Å². The summed E-state index contributed by atoms with van der Waals surface area (Å²) in [4.78, 5) is 25.7. The highest BCUT2D eigenvalue weighted by atomic mass is 16.5. The zero-order valence-corrected chi connectivity index (χ0v) is 13.9. The topological polar surface area (TPSA) is 52.6 Å². The van der Waals surface area contributed by atoms with Crippen molar-refractivity contribution in [3.8, 4) is 5.75 Å². The van der Waals surface area contributed by atoms with Crippen molar-refractivity contribution in [2.45, 2.75) is 24.7 Å². The Morgan fingerprint density at radius 3 is 2.64 bits per heavy atom. The first-order valence-electron chi connectivity index (χ1n) is 8.44. The minimum atomic E-state index is -1.13. The van der Waals surface area contributed by atoms with E-state index in [4.69, 9.17) is 9.47 Å². The van der Waals surface area contributed by atoms with E-state index in [-0.39, 0.29) is 12.5 Å². The Morgan fingerprint density at radius 1 is 1.16 bits per heavy atom. The van der Waals surface area contributed by atoms with E-state index in [0.29, 0.717) is 17.7 Å². The molecule has 126 valence electrons. The monoisotopic (exact) mass is 334 g/mol. The SMILES string of the molecule is CCOC(=O)C1=CC[C@H](c2ccccc2)[C@@]12C(=O)Oc1ccccc12. The number of hydrogen-bond acceptors (Lipinski definition) is 4. The zero-order chi connectivity index (χ0) is 17.4. The fourth-order valence-electron chi connectivity index (χ4n) is 4.04. The van der Waals surface area contributed by atoms with E-state index in [1.807, 2.05) is 54.6 Å². The predicted molar refractivity (Wildman–Crippen MR) is 92.3 cm³/mol. The van der Waals surface area contributed by atoms with Gasteiger partial charge in [0.05, 0.1) is 12.2 Å². The standard InChI is InChI=1S/C21H18O4/c1-2-24-19(22)17-13-12-15(14-8-4-3-5-9-14)21(17)16-10-6-7-11-18(16)25-20(21)23/h3-11,13,15H,2,12H2,1H3/t15-,21+/m1/s1. The summed E-state index contributed by atoms with van der Waals surface area (Å²) < 4.78 is 10.8. The number of esters is 2. The summed E-state index contributed by atoms with van der Waals surface area (Å²) >= 11 is 0. The number of carbonyl (C=O) groups excluding carboxylic acids is 2. The summed E-state index contributed by atoms with van der Waals surface area (Å²) in [5.41, 5.74) is 1.00. The lowest BCUT2D eigenvalue weighted by molar-refractivity contribution is -0.144. The third-order valence-corrected chi connectivity index (χ3v) is 5.04. The van der Waals surface area contributed by atoms with Crippen LogP contribution in [0.1, 0.15) is 30.4 Å². The predicted octanol–water partition coefficient (Wildman–Crippen LogP) is 3.52. The normalized spacial score (nSPS) is 24.0. The molecule has 4 nitrogen and oxygen atoms in total. The van der Waals surface area contributed by atoms with Gasteiger partial charge in [0.25, 0.3) is 0 Å². The molecule has 0 N–H and O–H groups in total. The van der Waals surface area contributed by atoms with Crippen molar-refractivity contribution in [3.63, 3.8) is 0 Å². The van der Waals surface area contributed by atoms with Crippen molar-refractivity contribution in [1.82, 2.24) is 0 Å². The second-order valence-electron chi connectivity index (χ2n) is 6.23. The summed E-state index contributed by atoms with van der Waals surface area (Å²) in [7, 11) is 0. The van der Waals surface area contributed by atoms with Crippen LogP contribution in [0.15, 0.2) is 66.2 Å². The van der Waals surface area contributed by atoms with Gasteiger partial charge in [0.1, 0.15) is 11.2 Å². The molecule has 0 bridgehead atoms. The lowest BCUT2D eigenvalue weighted by Crippen LogP contribution is -2.41. The van der Waals surface area contributed by atoms with Crippen LogP contribution in [0, 0.1) is 0 Å². The molecule has 1 spiro atoms. The summed E-state index contributed by atoms with van der Waals surface area (Å²) in [5, 5.41) is 0. The highest BCUT2D eigenvalue weighted by Crippen LogP contribution is 2.57. The van der Waals surface area contributed by atoms with E-state index in [1.165, 1.54) is 0 Å². The Morgan fingerprint density at radius 2 is 1.88 bits per heavy atom. The van der Waals surface area contributed by atoms with Gasteiger partial charge in [-0.3, -0.25) is 4.79 Å². The highest BCUT2D eigenvalue weighted by Gasteiger charge is 2.61. The third kappa shape index (κ3) is 2.14. The first kappa shape index (κ1) is 15.6. The molecule has 2 aliphatic rings. The first-order chi connectivity index (χ1) is 12.2. The van der Waals surface area contributed by atoms with Gasteiger partial charge in [-0.05, 0) is 25.0 Å². The molecule has 0 aromatic heterocycles. The molecule has 4 rings (SSSR count). The summed E-state index contributed by atoms with van der Waals surface area (Å²) in [6, 6.07) is 17.1. The third-order valence-electron chi connectivity index (χ3n) is 5.04. The van der Waals surface area contributed by atoms with Crippen LogP contribution >= 0.6 is 0 Å². The van der Waals surface area contributed by atoms with Crippen molar-refractivity contribution in [2.24, 2.45) is 0 Å². The van der Waals surface area contributed by atoms with Gasteiger partial charge in [0.15, 0.2) is 0 Å². The van der Waals surface area contributed by atoms with E-state index in [9.17, 15) is 9.59 Å². The van der Waals surface area contributed by atoms with E-state index in [0.717, 1.165) is 11.1 Å². The lowest BCUT2D eigenvalue weighted by Gasteiger charge is -2.31. The molecule has 0 unspecified atom stereocenters. The number of benzene rings is 2. The van der Waals surface area contributed by atoms with Gasteiger partial charge >= 0.3 is 11.9 Å². The Bertz CT molecular complexity index is 868. The molecule has 0 saturated carbocycles. The van der Waals surface area contributed by atoms with Crippen molar-refractivity contribution < 1.29 is 19.1 Å². The van der Waals surface area contributed by atoms with Crippen molar-refractivity contribution >= 4 is 11.9 Å². The largest absolute Gasteiger partial charge is 0.463 e. The average Bonchev–Trinajstić information content (AvgIpc) is 3.17. The van der Waals surface area contributed by atoms with Crippen LogP contribution in [-0.4, -0.2) is 18.5 Å². The smallest absolute Gasteiger partial charge is 0.335 e. The molecule has 1 aliphatic carbocycles. The number of fused-ring (bicyclic) bond motifs is 2. The molecule has 4 heteroatoms. The van der Waals surface area contributed by atoms with E-state index < -0.39 is 17.4 Å². The zero-order valence-electron chi connectivity index (χ0n) is 13.9. The summed E-state index contributed by atoms with van der Waals surface area (Å²) in [6.45, 7) is 2.02. The Labute approximate surface area is 146 Å². The molecule has 2 atom stereocenters. The van der Waals surface area contributed by atoms with Crippen LogP contribution in [0.4, 0.5) is 0 Å². The molecular formula is C21H18O4. The number of ether oxygens (including phenoxy) is 2. The fourth-order valence-corrected chi connectivity index (χ4v) is 4.04. The van der Waals surface area contributed by atoms with Crippen molar-refractivity contribution in [2.75, 3.05) is 6.61 Å². The van der Waals surface area contributed by atoms with E-state index in [2.05, 4.69) is 0 Å². The number of allylic oxidation sites excluding steroid dienone is 1. The molecule has 2 aromatic rings. The second-order valence-corrected chi connectivity index (χ2v) is 6.23. The molecule has 2 aromatic carbocycles. The quantitative estimate of drug-likeness (QED) is 0.636. The van der Waals surface area contributed by atoms with Gasteiger partial charge in [-0.2, -0.15) is 0 Å². The van der Waals surface area contributed by atoms with Gasteiger partial charge in [0, 0.05) is 11.5 Å². The van der Waals surface area contributed by atoms with Gasteiger partial charge < -0.3 is 9.47 Å². The van der Waals surface area contributed by atoms with Crippen molar-refractivity contribution in [1.29, 1.82) is 0 Å².